The van der Waals surface area contributed by atoms with Crippen LogP contribution in [0.15, 0.2) is 47.5 Å². The SMILES string of the molecule is CN=C(NCc1ccccc1N1CCOCC1)N1CCN(c2cc(F)ccc2F)CC1.I. The molecule has 2 aromatic rings. The van der Waals surface area contributed by atoms with E-state index in [2.05, 4.69) is 44.4 Å². The summed E-state index contributed by atoms with van der Waals surface area (Å²) in [6.45, 7) is 6.52. The van der Waals surface area contributed by atoms with Gasteiger partial charge < -0.3 is 24.8 Å². The lowest BCUT2D eigenvalue weighted by Crippen LogP contribution is -2.52. The molecule has 1 N–H and O–H groups in total. The number of ether oxygens (including phenoxy) is 1. The second-order valence-electron chi connectivity index (χ2n) is 7.70. The summed E-state index contributed by atoms with van der Waals surface area (Å²) < 4.78 is 33.1. The van der Waals surface area contributed by atoms with Gasteiger partial charge in [0.15, 0.2) is 5.96 Å². The molecule has 0 unspecified atom stereocenters. The van der Waals surface area contributed by atoms with Crippen LogP contribution < -0.4 is 15.1 Å². The first-order valence-corrected chi connectivity index (χ1v) is 10.7. The van der Waals surface area contributed by atoms with E-state index in [1.165, 1.54) is 23.4 Å². The van der Waals surface area contributed by atoms with Crippen LogP contribution in [0.5, 0.6) is 0 Å². The Hall–Kier alpha value is -2.14. The zero-order valence-electron chi connectivity index (χ0n) is 18.3. The molecule has 2 heterocycles. The number of para-hydroxylation sites is 1. The fourth-order valence-electron chi connectivity index (χ4n) is 4.17. The Bertz CT molecular complexity index is 915. The highest BCUT2D eigenvalue weighted by atomic mass is 127. The Morgan fingerprint density at radius 1 is 0.938 bits per heavy atom. The average Bonchev–Trinajstić information content (AvgIpc) is 2.82. The van der Waals surface area contributed by atoms with Crippen molar-refractivity contribution in [3.63, 3.8) is 0 Å². The van der Waals surface area contributed by atoms with Crippen molar-refractivity contribution in [1.29, 1.82) is 0 Å². The molecule has 32 heavy (non-hydrogen) atoms. The third-order valence-electron chi connectivity index (χ3n) is 5.82. The van der Waals surface area contributed by atoms with Gasteiger partial charge >= 0.3 is 0 Å². The fourth-order valence-corrected chi connectivity index (χ4v) is 4.17. The first-order valence-electron chi connectivity index (χ1n) is 10.7. The minimum Gasteiger partial charge on any atom is -0.378 e. The average molecular weight is 557 g/mol. The molecule has 0 bridgehead atoms. The van der Waals surface area contributed by atoms with Crippen LogP contribution in [0.25, 0.3) is 0 Å². The largest absolute Gasteiger partial charge is 0.378 e. The highest BCUT2D eigenvalue weighted by Gasteiger charge is 2.22. The Labute approximate surface area is 205 Å². The molecule has 0 radical (unpaired) electrons. The second kappa shape index (κ2) is 11.6. The molecule has 174 valence electrons. The lowest BCUT2D eigenvalue weighted by molar-refractivity contribution is 0.122. The Balaban J connectivity index is 0.00000289. The van der Waals surface area contributed by atoms with Gasteiger partial charge in [0.2, 0.25) is 0 Å². The predicted octanol–water partition coefficient (Wildman–Crippen LogP) is 3.32. The van der Waals surface area contributed by atoms with E-state index in [1.807, 2.05) is 4.90 Å². The van der Waals surface area contributed by atoms with Gasteiger partial charge in [-0.2, -0.15) is 0 Å². The Morgan fingerprint density at radius 3 is 2.34 bits per heavy atom. The molecule has 2 aliphatic heterocycles. The van der Waals surface area contributed by atoms with Crippen LogP contribution in [0, 0.1) is 11.6 Å². The fraction of sp³-hybridized carbons (Fsp3) is 0.435. The number of hydrogen-bond donors (Lipinski definition) is 1. The van der Waals surface area contributed by atoms with E-state index in [4.69, 9.17) is 4.74 Å². The molecule has 0 spiro atoms. The molecule has 2 fully saturated rings. The predicted molar refractivity (Wildman–Crippen MR) is 135 cm³/mol. The zero-order chi connectivity index (χ0) is 21.6. The van der Waals surface area contributed by atoms with Gasteiger partial charge in [-0.3, -0.25) is 4.99 Å². The summed E-state index contributed by atoms with van der Waals surface area (Å²) in [5, 5.41) is 3.48. The first-order chi connectivity index (χ1) is 15.2. The van der Waals surface area contributed by atoms with Crippen LogP contribution in [-0.2, 0) is 11.3 Å². The van der Waals surface area contributed by atoms with Crippen molar-refractivity contribution >= 4 is 41.3 Å². The van der Waals surface area contributed by atoms with Gasteiger partial charge in [0, 0.05) is 64.6 Å². The van der Waals surface area contributed by atoms with E-state index in [9.17, 15) is 8.78 Å². The quantitative estimate of drug-likeness (QED) is 0.355. The maximum atomic E-state index is 14.1. The van der Waals surface area contributed by atoms with E-state index < -0.39 is 11.6 Å². The normalized spacial score (nSPS) is 17.2. The van der Waals surface area contributed by atoms with Crippen molar-refractivity contribution in [2.24, 2.45) is 4.99 Å². The van der Waals surface area contributed by atoms with E-state index in [1.54, 1.807) is 7.05 Å². The van der Waals surface area contributed by atoms with Crippen molar-refractivity contribution in [1.82, 2.24) is 10.2 Å². The van der Waals surface area contributed by atoms with Gasteiger partial charge in [-0.05, 0) is 23.8 Å². The third-order valence-corrected chi connectivity index (χ3v) is 5.82. The maximum absolute atomic E-state index is 14.1. The summed E-state index contributed by atoms with van der Waals surface area (Å²) in [5.41, 5.74) is 2.76. The monoisotopic (exact) mass is 557 g/mol. The smallest absolute Gasteiger partial charge is 0.194 e. The zero-order valence-corrected chi connectivity index (χ0v) is 20.6. The number of guanidine groups is 1. The topological polar surface area (TPSA) is 43.3 Å². The Morgan fingerprint density at radius 2 is 1.62 bits per heavy atom. The van der Waals surface area contributed by atoms with Crippen molar-refractivity contribution in [3.8, 4) is 0 Å². The maximum Gasteiger partial charge on any atom is 0.194 e. The summed E-state index contributed by atoms with van der Waals surface area (Å²) in [5.74, 6) is 0.00320. The molecule has 0 aromatic heterocycles. The van der Waals surface area contributed by atoms with Crippen molar-refractivity contribution in [3.05, 3.63) is 59.7 Å². The van der Waals surface area contributed by atoms with Gasteiger partial charge in [0.1, 0.15) is 11.6 Å². The van der Waals surface area contributed by atoms with Crippen LogP contribution in [0.3, 0.4) is 0 Å². The number of nitrogens with one attached hydrogen (secondary N) is 1. The summed E-state index contributed by atoms with van der Waals surface area (Å²) in [4.78, 5) is 10.8. The van der Waals surface area contributed by atoms with Crippen LogP contribution >= 0.6 is 24.0 Å². The number of anilines is 2. The van der Waals surface area contributed by atoms with E-state index in [-0.39, 0.29) is 24.0 Å². The second-order valence-corrected chi connectivity index (χ2v) is 7.70. The molecule has 2 saturated heterocycles. The molecular weight excluding hydrogens is 527 g/mol. The molecule has 0 amide bonds. The molecule has 6 nitrogen and oxygen atoms in total. The summed E-state index contributed by atoms with van der Waals surface area (Å²) in [6, 6.07) is 12.0. The number of rotatable bonds is 4. The molecule has 4 rings (SSSR count). The van der Waals surface area contributed by atoms with Gasteiger partial charge in [-0.15, -0.1) is 24.0 Å². The van der Waals surface area contributed by atoms with Crippen molar-refractivity contribution in [2.45, 2.75) is 6.54 Å². The summed E-state index contributed by atoms with van der Waals surface area (Å²) in [7, 11) is 1.77. The highest BCUT2D eigenvalue weighted by Crippen LogP contribution is 2.23. The molecular formula is C23H30F2IN5O. The van der Waals surface area contributed by atoms with Crippen molar-refractivity contribution < 1.29 is 13.5 Å². The number of nitrogens with zero attached hydrogens (tertiary/aromatic N) is 4. The summed E-state index contributed by atoms with van der Waals surface area (Å²) in [6.07, 6.45) is 0. The minimum absolute atomic E-state index is 0. The number of morpholine rings is 1. The number of piperazine rings is 1. The summed E-state index contributed by atoms with van der Waals surface area (Å²) >= 11 is 0. The molecule has 0 saturated carbocycles. The number of aliphatic imine (C=N–C) groups is 1. The Kier molecular flexibility index (Phi) is 8.92. The first kappa shape index (κ1) is 24.5. The highest BCUT2D eigenvalue weighted by molar-refractivity contribution is 14.0. The van der Waals surface area contributed by atoms with Gasteiger partial charge in [0.25, 0.3) is 0 Å². The lowest BCUT2D eigenvalue weighted by Gasteiger charge is -2.38. The third kappa shape index (κ3) is 5.80. The van der Waals surface area contributed by atoms with Crippen LogP contribution in [0.2, 0.25) is 0 Å². The molecule has 0 atom stereocenters. The molecule has 2 aliphatic rings. The number of benzene rings is 2. The van der Waals surface area contributed by atoms with Gasteiger partial charge in [-0.1, -0.05) is 18.2 Å². The van der Waals surface area contributed by atoms with Crippen LogP contribution in [0.1, 0.15) is 5.56 Å². The van der Waals surface area contributed by atoms with E-state index in [0.29, 0.717) is 38.4 Å². The van der Waals surface area contributed by atoms with Crippen LogP contribution in [-0.4, -0.2) is 70.4 Å². The number of hydrogen-bond acceptors (Lipinski definition) is 4. The number of halogens is 3. The van der Waals surface area contributed by atoms with Gasteiger partial charge in [-0.25, -0.2) is 8.78 Å². The molecule has 2 aromatic carbocycles. The standard InChI is InChI=1S/C23H29F2N5O.HI/c1-26-23(27-17-18-4-2-3-5-21(18)29-12-14-31-15-13-29)30-10-8-28(9-11-30)22-16-19(24)6-7-20(22)25;/h2-7,16H,8-15,17H2,1H3,(H,26,27);1H. The van der Waals surface area contributed by atoms with Gasteiger partial charge in [0.05, 0.1) is 18.9 Å². The van der Waals surface area contributed by atoms with E-state index >= 15 is 0 Å². The van der Waals surface area contributed by atoms with Crippen molar-refractivity contribution in [2.75, 3.05) is 69.3 Å². The lowest BCUT2D eigenvalue weighted by atomic mass is 10.1. The van der Waals surface area contributed by atoms with E-state index in [0.717, 1.165) is 38.3 Å². The minimum atomic E-state index is -0.421. The molecule has 0 aliphatic carbocycles. The molecule has 9 heteroatoms. The van der Waals surface area contributed by atoms with Crippen LogP contribution in [0.4, 0.5) is 20.2 Å².